The fourth-order valence-electron chi connectivity index (χ4n) is 2.22. The predicted molar refractivity (Wildman–Crippen MR) is 91.7 cm³/mol. The van der Waals surface area contributed by atoms with Crippen molar-refractivity contribution in [1.29, 1.82) is 0 Å². The van der Waals surface area contributed by atoms with Crippen molar-refractivity contribution in [2.75, 3.05) is 44.7 Å². The molecule has 0 unspecified atom stereocenters. The van der Waals surface area contributed by atoms with Crippen LogP contribution in [0.5, 0.6) is 0 Å². The quantitative estimate of drug-likeness (QED) is 0.558. The number of rotatable bonds is 5. The summed E-state index contributed by atoms with van der Waals surface area (Å²) in [5.74, 6) is 0. The van der Waals surface area contributed by atoms with E-state index in [1.165, 1.54) is 0 Å². The topological polar surface area (TPSA) is 37.7 Å². The molecule has 0 aliphatic carbocycles. The third kappa shape index (κ3) is 5.60. The molecule has 1 aliphatic heterocycles. The van der Waals surface area contributed by atoms with Gasteiger partial charge in [0.2, 0.25) is 0 Å². The summed E-state index contributed by atoms with van der Waals surface area (Å²) in [7, 11) is 0. The van der Waals surface area contributed by atoms with Gasteiger partial charge in [-0.05, 0) is 24.4 Å². The number of ether oxygens (including phenoxy) is 1. The second kappa shape index (κ2) is 8.76. The van der Waals surface area contributed by atoms with Crippen LogP contribution in [-0.2, 0) is 4.74 Å². The molecule has 0 spiro atoms. The monoisotopic (exact) mass is 348 g/mol. The zero-order valence-corrected chi connectivity index (χ0v) is 14.1. The van der Waals surface area contributed by atoms with E-state index in [1.807, 2.05) is 12.1 Å². The van der Waals surface area contributed by atoms with E-state index < -0.39 is 0 Å². The molecule has 0 saturated carbocycles. The highest BCUT2D eigenvalue weighted by atomic mass is 35.5. The number of anilines is 1. The van der Waals surface area contributed by atoms with Crippen molar-refractivity contribution in [3.8, 4) is 0 Å². The van der Waals surface area contributed by atoms with Crippen molar-refractivity contribution >= 4 is 46.2 Å². The maximum Gasteiger partial charge on any atom is 0.170 e. The van der Waals surface area contributed by atoms with Crippen LogP contribution in [0.2, 0.25) is 10.0 Å². The average Bonchev–Trinajstić information content (AvgIpc) is 2.49. The molecule has 2 rings (SSSR count). The molecular weight excluding hydrogens is 329 g/mol. The minimum absolute atomic E-state index is 0.487. The third-order valence-corrected chi connectivity index (χ3v) is 4.46. The van der Waals surface area contributed by atoms with Gasteiger partial charge >= 0.3 is 0 Å². The van der Waals surface area contributed by atoms with Crippen LogP contribution in [0.4, 0.5) is 5.69 Å². The number of hydrogen-bond donors (Lipinski definition) is 3. The first-order valence-corrected chi connectivity index (χ1v) is 8.23. The lowest BCUT2D eigenvalue weighted by Gasteiger charge is -2.23. The van der Waals surface area contributed by atoms with Gasteiger partial charge in [-0.2, -0.15) is 0 Å². The Morgan fingerprint density at radius 1 is 1.29 bits per heavy atom. The normalized spacial score (nSPS) is 15.7. The van der Waals surface area contributed by atoms with Gasteiger partial charge in [-0.3, -0.25) is 0 Å². The number of nitrogens with one attached hydrogen (secondary N) is 3. The first kappa shape index (κ1) is 16.8. The Hall–Kier alpha value is -0.590. The largest absolute Gasteiger partial charge is 0.370 e. The van der Waals surface area contributed by atoms with Crippen molar-refractivity contribution in [2.45, 2.75) is 6.42 Å². The van der Waals surface area contributed by atoms with Crippen molar-refractivity contribution in [3.05, 3.63) is 28.2 Å². The highest BCUT2D eigenvalue weighted by Crippen LogP contribution is 2.29. The molecule has 0 bridgehead atoms. The molecule has 1 aliphatic rings. The van der Waals surface area contributed by atoms with Gasteiger partial charge in [0.05, 0.1) is 35.5 Å². The molecule has 0 aromatic heterocycles. The molecule has 1 saturated heterocycles. The minimum atomic E-state index is 0.487. The van der Waals surface area contributed by atoms with Crippen molar-refractivity contribution in [1.82, 2.24) is 5.32 Å². The Morgan fingerprint density at radius 3 is 2.81 bits per heavy atom. The molecule has 3 N–H and O–H groups in total. The third-order valence-electron chi connectivity index (χ3n) is 3.39. The smallest absolute Gasteiger partial charge is 0.170 e. The Kier molecular flexibility index (Phi) is 6.99. The molecule has 0 atom stereocenters. The van der Waals surface area contributed by atoms with Crippen LogP contribution in [0, 0.1) is 0 Å². The van der Waals surface area contributed by atoms with Crippen LogP contribution in [0.25, 0.3) is 0 Å². The van der Waals surface area contributed by atoms with E-state index in [1.54, 1.807) is 11.0 Å². The summed E-state index contributed by atoms with van der Waals surface area (Å²) in [5, 5.41) is 7.83. The second-order valence-corrected chi connectivity index (χ2v) is 6.14. The highest BCUT2D eigenvalue weighted by Gasteiger charge is 2.12. The number of halogens is 2. The molecule has 1 aromatic carbocycles. The number of hydrogen-bond acceptors (Lipinski definition) is 2. The summed E-state index contributed by atoms with van der Waals surface area (Å²) in [6.45, 7) is 5.92. The first-order valence-electron chi connectivity index (χ1n) is 7.07. The van der Waals surface area contributed by atoms with Crippen molar-refractivity contribution in [3.63, 3.8) is 0 Å². The Labute approximate surface area is 140 Å². The zero-order chi connectivity index (χ0) is 15.1. The number of thiocarbonyl (C=S) groups is 1. The summed E-state index contributed by atoms with van der Waals surface area (Å²) in [6, 6.07) is 5.43. The SMILES string of the molecule is S=C(NCCC[NH+]1CCOCC1)Nc1cccc(Cl)c1Cl. The summed E-state index contributed by atoms with van der Waals surface area (Å²) in [4.78, 5) is 1.60. The minimum Gasteiger partial charge on any atom is -0.370 e. The molecule has 0 radical (unpaired) electrons. The van der Waals surface area contributed by atoms with E-state index in [4.69, 9.17) is 40.2 Å². The van der Waals surface area contributed by atoms with Crippen LogP contribution in [0.15, 0.2) is 18.2 Å². The van der Waals surface area contributed by atoms with E-state index in [0.717, 1.165) is 51.5 Å². The van der Waals surface area contributed by atoms with Gasteiger partial charge in [0.1, 0.15) is 13.1 Å². The van der Waals surface area contributed by atoms with Gasteiger partial charge in [0.25, 0.3) is 0 Å². The molecule has 4 nitrogen and oxygen atoms in total. The van der Waals surface area contributed by atoms with E-state index in [-0.39, 0.29) is 0 Å². The molecule has 1 fully saturated rings. The van der Waals surface area contributed by atoms with Crippen molar-refractivity contribution in [2.24, 2.45) is 0 Å². The molecule has 116 valence electrons. The van der Waals surface area contributed by atoms with Gasteiger partial charge in [0, 0.05) is 13.0 Å². The summed E-state index contributed by atoms with van der Waals surface area (Å²) < 4.78 is 5.34. The van der Waals surface area contributed by atoms with Crippen LogP contribution >= 0.6 is 35.4 Å². The fraction of sp³-hybridized carbons (Fsp3) is 0.500. The average molecular weight is 349 g/mol. The lowest BCUT2D eigenvalue weighted by molar-refractivity contribution is -0.908. The maximum atomic E-state index is 6.10. The lowest BCUT2D eigenvalue weighted by atomic mass is 10.3. The number of morpholine rings is 1. The van der Waals surface area contributed by atoms with Gasteiger partial charge in [-0.15, -0.1) is 0 Å². The summed E-state index contributed by atoms with van der Waals surface area (Å²) in [5.41, 5.74) is 0.723. The maximum absolute atomic E-state index is 6.10. The Balaban J connectivity index is 1.66. The lowest BCUT2D eigenvalue weighted by Crippen LogP contribution is -3.14. The van der Waals surface area contributed by atoms with E-state index in [9.17, 15) is 0 Å². The van der Waals surface area contributed by atoms with Crippen LogP contribution in [0.1, 0.15) is 6.42 Å². The van der Waals surface area contributed by atoms with Crippen LogP contribution in [0.3, 0.4) is 0 Å². The number of benzene rings is 1. The van der Waals surface area contributed by atoms with E-state index in [2.05, 4.69) is 10.6 Å². The first-order chi connectivity index (χ1) is 10.2. The van der Waals surface area contributed by atoms with Gasteiger partial charge in [0.15, 0.2) is 5.11 Å². The summed E-state index contributed by atoms with van der Waals surface area (Å²) >= 11 is 17.3. The molecule has 1 aromatic rings. The van der Waals surface area contributed by atoms with Gasteiger partial charge < -0.3 is 20.3 Å². The Morgan fingerprint density at radius 2 is 2.05 bits per heavy atom. The summed E-state index contributed by atoms with van der Waals surface area (Å²) in [6.07, 6.45) is 1.07. The molecule has 0 amide bonds. The molecule has 21 heavy (non-hydrogen) atoms. The Bertz CT molecular complexity index is 481. The standard InChI is InChI=1S/C14H19Cl2N3OS/c15-11-3-1-4-12(13(11)16)18-14(21)17-5-2-6-19-7-9-20-10-8-19/h1,3-4H,2,5-10H2,(H2,17,18,21)/p+1. The zero-order valence-electron chi connectivity index (χ0n) is 11.8. The number of quaternary nitrogens is 1. The van der Waals surface area contributed by atoms with Crippen LogP contribution in [-0.4, -0.2) is 44.5 Å². The van der Waals surface area contributed by atoms with E-state index >= 15 is 0 Å². The molecule has 1 heterocycles. The van der Waals surface area contributed by atoms with Gasteiger partial charge in [-0.25, -0.2) is 0 Å². The highest BCUT2D eigenvalue weighted by molar-refractivity contribution is 7.80. The van der Waals surface area contributed by atoms with Crippen molar-refractivity contribution < 1.29 is 9.64 Å². The van der Waals surface area contributed by atoms with Gasteiger partial charge in [-0.1, -0.05) is 29.3 Å². The fourth-order valence-corrected chi connectivity index (χ4v) is 2.78. The van der Waals surface area contributed by atoms with Crippen LogP contribution < -0.4 is 15.5 Å². The molecule has 7 heteroatoms. The second-order valence-electron chi connectivity index (χ2n) is 4.95. The molecular formula is C14H20Cl2N3OS+. The predicted octanol–water partition coefficient (Wildman–Crippen LogP) is 1.58. The van der Waals surface area contributed by atoms with E-state index in [0.29, 0.717) is 15.2 Å².